The van der Waals surface area contributed by atoms with Crippen LogP contribution in [0.1, 0.15) is 12.5 Å². The predicted molar refractivity (Wildman–Crippen MR) is 117 cm³/mol. The number of carbonyl (C=O) groups excluding carboxylic acids is 1. The van der Waals surface area contributed by atoms with Crippen LogP contribution in [0.3, 0.4) is 0 Å². The lowest BCUT2D eigenvalue weighted by molar-refractivity contribution is 0.0335. The second-order valence-corrected chi connectivity index (χ2v) is 7.27. The first kappa shape index (κ1) is 22.9. The molecule has 1 aliphatic heterocycles. The molecule has 0 bridgehead atoms. The summed E-state index contributed by atoms with van der Waals surface area (Å²) in [6, 6.07) is 17.1. The highest BCUT2D eigenvalue weighted by molar-refractivity contribution is 5.73. The number of hydrogen-bond acceptors (Lipinski definition) is 6. The number of rotatable bonds is 10. The maximum absolute atomic E-state index is 12.3. The summed E-state index contributed by atoms with van der Waals surface area (Å²) in [5, 5.41) is 12.0. The monoisotopic (exact) mass is 429 g/mol. The van der Waals surface area contributed by atoms with Gasteiger partial charge in [-0.3, -0.25) is 5.43 Å². The van der Waals surface area contributed by atoms with Crippen LogP contribution >= 0.6 is 0 Å². The van der Waals surface area contributed by atoms with Crippen molar-refractivity contribution >= 4 is 6.03 Å². The molecule has 8 nitrogen and oxygen atoms in total. The highest BCUT2D eigenvalue weighted by atomic mass is 16.5. The molecule has 2 amide bonds. The van der Waals surface area contributed by atoms with Crippen molar-refractivity contribution in [2.45, 2.75) is 19.6 Å². The Hall–Kier alpha value is -2.81. The lowest BCUT2D eigenvalue weighted by Gasteiger charge is -2.31. The Morgan fingerprint density at radius 1 is 1.10 bits per heavy atom. The van der Waals surface area contributed by atoms with E-state index in [1.807, 2.05) is 61.5 Å². The van der Waals surface area contributed by atoms with Crippen LogP contribution < -0.4 is 14.9 Å². The van der Waals surface area contributed by atoms with Crippen LogP contribution in [-0.2, 0) is 11.3 Å². The number of amides is 2. The predicted octanol–water partition coefficient (Wildman–Crippen LogP) is 2.28. The van der Waals surface area contributed by atoms with E-state index in [0.717, 1.165) is 11.3 Å². The first-order valence-electron chi connectivity index (χ1n) is 10.6. The summed E-state index contributed by atoms with van der Waals surface area (Å²) in [5.74, 6) is 1.39. The van der Waals surface area contributed by atoms with Crippen LogP contribution in [0.2, 0.25) is 0 Å². The molecule has 2 aromatic rings. The first-order chi connectivity index (χ1) is 15.1. The lowest BCUT2D eigenvalue weighted by Crippen LogP contribution is -2.54. The number of hydrogen-bond donors (Lipinski definition) is 2. The molecule has 0 aromatic heterocycles. The van der Waals surface area contributed by atoms with Gasteiger partial charge in [0.25, 0.3) is 0 Å². The molecule has 1 atom stereocenters. The fraction of sp³-hybridized carbons (Fsp3) is 0.435. The highest BCUT2D eigenvalue weighted by Crippen LogP contribution is 2.19. The quantitative estimate of drug-likeness (QED) is 0.564. The minimum atomic E-state index is -0.751. The average molecular weight is 430 g/mol. The van der Waals surface area contributed by atoms with E-state index >= 15 is 0 Å². The van der Waals surface area contributed by atoms with Gasteiger partial charge < -0.3 is 24.2 Å². The highest BCUT2D eigenvalue weighted by Gasteiger charge is 2.20. The van der Waals surface area contributed by atoms with Crippen molar-refractivity contribution in [1.29, 1.82) is 0 Å². The van der Waals surface area contributed by atoms with Gasteiger partial charge in [0.2, 0.25) is 0 Å². The standard InChI is InChI=1S/C23H31N3O5/c1-2-26(24-23(28)25-12-14-29-15-13-25)16-20(27)18-31-22-10-8-21(9-11-22)30-17-19-6-4-3-5-7-19/h3-11,20,27H,2,12-18H2,1H3,(H,24,28)/t20-/m0/s1. The van der Waals surface area contributed by atoms with Gasteiger partial charge in [-0.2, -0.15) is 0 Å². The molecule has 1 aliphatic rings. The normalized spacial score (nSPS) is 14.9. The number of carbonyl (C=O) groups is 1. The molecular weight excluding hydrogens is 398 g/mol. The molecule has 168 valence electrons. The smallest absolute Gasteiger partial charge is 0.332 e. The third-order valence-corrected chi connectivity index (χ3v) is 4.88. The number of morpholine rings is 1. The summed E-state index contributed by atoms with van der Waals surface area (Å²) in [7, 11) is 0. The van der Waals surface area contributed by atoms with Gasteiger partial charge >= 0.3 is 6.03 Å². The first-order valence-corrected chi connectivity index (χ1v) is 10.6. The molecule has 3 rings (SSSR count). The molecule has 2 aromatic carbocycles. The van der Waals surface area contributed by atoms with E-state index in [2.05, 4.69) is 5.43 Å². The van der Waals surface area contributed by atoms with E-state index in [9.17, 15) is 9.90 Å². The fourth-order valence-corrected chi connectivity index (χ4v) is 3.10. The zero-order chi connectivity index (χ0) is 21.9. The Bertz CT molecular complexity index is 782. The summed E-state index contributed by atoms with van der Waals surface area (Å²) in [6.07, 6.45) is -0.751. The molecule has 1 heterocycles. The molecule has 8 heteroatoms. The minimum Gasteiger partial charge on any atom is -0.491 e. The van der Waals surface area contributed by atoms with E-state index in [-0.39, 0.29) is 19.2 Å². The van der Waals surface area contributed by atoms with Crippen LogP contribution in [0.4, 0.5) is 4.79 Å². The van der Waals surface area contributed by atoms with Crippen LogP contribution in [0.25, 0.3) is 0 Å². The largest absolute Gasteiger partial charge is 0.491 e. The second kappa shape index (κ2) is 12.1. The van der Waals surface area contributed by atoms with Gasteiger partial charge in [-0.05, 0) is 29.8 Å². The number of ether oxygens (including phenoxy) is 3. The maximum atomic E-state index is 12.3. The van der Waals surface area contributed by atoms with Crippen molar-refractivity contribution in [3.05, 3.63) is 60.2 Å². The fourth-order valence-electron chi connectivity index (χ4n) is 3.10. The third kappa shape index (κ3) is 7.75. The van der Waals surface area contributed by atoms with Gasteiger partial charge in [-0.1, -0.05) is 37.3 Å². The molecule has 0 saturated carbocycles. The minimum absolute atomic E-state index is 0.119. The topological polar surface area (TPSA) is 83.5 Å². The summed E-state index contributed by atoms with van der Waals surface area (Å²) in [4.78, 5) is 14.0. The van der Waals surface area contributed by atoms with E-state index in [1.54, 1.807) is 9.91 Å². The van der Waals surface area contributed by atoms with Gasteiger partial charge in [0.1, 0.15) is 30.8 Å². The number of likely N-dealkylation sites (N-methyl/N-ethyl adjacent to an activating group) is 1. The van der Waals surface area contributed by atoms with E-state index < -0.39 is 6.10 Å². The van der Waals surface area contributed by atoms with Gasteiger partial charge in [-0.15, -0.1) is 0 Å². The van der Waals surface area contributed by atoms with E-state index in [0.29, 0.717) is 45.2 Å². The summed E-state index contributed by atoms with van der Waals surface area (Å²) in [6.45, 7) is 5.61. The Labute approximate surface area is 183 Å². The SMILES string of the molecule is CCN(C[C@H](O)COc1ccc(OCc2ccccc2)cc1)NC(=O)N1CCOCC1. The third-order valence-electron chi connectivity index (χ3n) is 4.88. The summed E-state index contributed by atoms with van der Waals surface area (Å²) in [5.41, 5.74) is 3.94. The number of aliphatic hydroxyl groups excluding tert-OH is 1. The van der Waals surface area contributed by atoms with Crippen LogP contribution in [0.5, 0.6) is 11.5 Å². The van der Waals surface area contributed by atoms with Crippen molar-refractivity contribution in [3.8, 4) is 11.5 Å². The molecule has 31 heavy (non-hydrogen) atoms. The van der Waals surface area contributed by atoms with Gasteiger partial charge in [0.15, 0.2) is 0 Å². The second-order valence-electron chi connectivity index (χ2n) is 7.27. The molecule has 0 radical (unpaired) electrons. The van der Waals surface area contributed by atoms with Gasteiger partial charge in [-0.25, -0.2) is 9.80 Å². The van der Waals surface area contributed by atoms with Crippen LogP contribution in [0, 0.1) is 0 Å². The molecule has 2 N–H and O–H groups in total. The number of benzene rings is 2. The molecule has 0 aliphatic carbocycles. The Morgan fingerprint density at radius 3 is 2.39 bits per heavy atom. The van der Waals surface area contributed by atoms with Crippen molar-refractivity contribution in [1.82, 2.24) is 15.3 Å². The van der Waals surface area contributed by atoms with Crippen molar-refractivity contribution in [2.24, 2.45) is 0 Å². The van der Waals surface area contributed by atoms with Gasteiger partial charge in [0, 0.05) is 26.2 Å². The van der Waals surface area contributed by atoms with E-state index in [1.165, 1.54) is 0 Å². The molecule has 1 fully saturated rings. The van der Waals surface area contributed by atoms with Crippen LogP contribution in [-0.4, -0.2) is 73.2 Å². The van der Waals surface area contributed by atoms with Gasteiger partial charge in [0.05, 0.1) is 13.2 Å². The number of hydrazine groups is 1. The number of nitrogens with one attached hydrogen (secondary N) is 1. The Balaban J connectivity index is 1.38. The molecule has 0 unspecified atom stereocenters. The number of aliphatic hydroxyl groups is 1. The van der Waals surface area contributed by atoms with Crippen molar-refractivity contribution in [3.63, 3.8) is 0 Å². The average Bonchev–Trinajstić information content (AvgIpc) is 2.82. The van der Waals surface area contributed by atoms with Crippen molar-refractivity contribution < 1.29 is 24.1 Å². The van der Waals surface area contributed by atoms with Crippen LogP contribution in [0.15, 0.2) is 54.6 Å². The number of nitrogens with zero attached hydrogens (tertiary/aromatic N) is 2. The zero-order valence-electron chi connectivity index (χ0n) is 17.9. The molecular formula is C23H31N3O5. The summed E-state index contributed by atoms with van der Waals surface area (Å²) < 4.78 is 16.7. The lowest BCUT2D eigenvalue weighted by atomic mass is 10.2. The molecule has 0 spiro atoms. The molecule has 1 saturated heterocycles. The Kier molecular flexibility index (Phi) is 8.96. The Morgan fingerprint density at radius 2 is 1.74 bits per heavy atom. The maximum Gasteiger partial charge on any atom is 0.332 e. The van der Waals surface area contributed by atoms with E-state index in [4.69, 9.17) is 14.2 Å². The summed E-state index contributed by atoms with van der Waals surface area (Å²) >= 11 is 0. The zero-order valence-corrected chi connectivity index (χ0v) is 17.9. The van der Waals surface area contributed by atoms with Crippen molar-refractivity contribution in [2.75, 3.05) is 46.0 Å². The number of urea groups is 1.